The van der Waals surface area contributed by atoms with Gasteiger partial charge in [0.15, 0.2) is 5.54 Å². The van der Waals surface area contributed by atoms with Gasteiger partial charge in [-0.15, -0.1) is 0 Å². The van der Waals surface area contributed by atoms with Gasteiger partial charge in [-0.05, 0) is 71.1 Å². The van der Waals surface area contributed by atoms with Crippen LogP contribution in [0.2, 0.25) is 0 Å². The van der Waals surface area contributed by atoms with Gasteiger partial charge in [-0.25, -0.2) is 4.79 Å². The Balaban J connectivity index is 1.54. The van der Waals surface area contributed by atoms with Crippen molar-refractivity contribution in [3.63, 3.8) is 0 Å². The first-order chi connectivity index (χ1) is 24.2. The monoisotopic (exact) mass is 670 g/mol. The minimum absolute atomic E-state index is 0.110. The van der Waals surface area contributed by atoms with E-state index in [0.29, 0.717) is 35.0 Å². The molecule has 4 amide bonds. The van der Waals surface area contributed by atoms with Gasteiger partial charge in [0, 0.05) is 17.8 Å². The van der Waals surface area contributed by atoms with Crippen LogP contribution < -0.4 is 30.7 Å². The summed E-state index contributed by atoms with van der Waals surface area (Å²) in [7, 11) is 1.55. The van der Waals surface area contributed by atoms with Gasteiger partial charge in [0.05, 0.1) is 7.11 Å². The highest BCUT2D eigenvalue weighted by molar-refractivity contribution is 6.07. The average Bonchev–Trinajstić information content (AvgIpc) is 3.14. The van der Waals surface area contributed by atoms with Gasteiger partial charge in [0.1, 0.15) is 24.1 Å². The number of benzene rings is 5. The number of ether oxygens (including phenoxy) is 2. The predicted molar refractivity (Wildman–Crippen MR) is 196 cm³/mol. The fourth-order valence-electron chi connectivity index (χ4n) is 6.09. The van der Waals surface area contributed by atoms with Crippen LogP contribution in [-0.2, 0) is 28.2 Å². The molecule has 256 valence electrons. The number of nitrogens with one attached hydrogen (secondary N) is 2. The Kier molecular flexibility index (Phi) is 11.5. The van der Waals surface area contributed by atoms with Gasteiger partial charge in [0.25, 0.3) is 5.91 Å². The Morgan fingerprint density at radius 1 is 0.720 bits per heavy atom. The summed E-state index contributed by atoms with van der Waals surface area (Å²) in [6.45, 7) is 4.10. The lowest BCUT2D eigenvalue weighted by Gasteiger charge is -2.46. The molecule has 2 unspecified atom stereocenters. The summed E-state index contributed by atoms with van der Waals surface area (Å²) in [6.07, 6.45) is 0.110. The lowest BCUT2D eigenvalue weighted by Crippen LogP contribution is -2.64. The first kappa shape index (κ1) is 35.2. The van der Waals surface area contributed by atoms with Crippen LogP contribution in [0.25, 0.3) is 0 Å². The summed E-state index contributed by atoms with van der Waals surface area (Å²) < 4.78 is 11.4. The highest BCUT2D eigenvalue weighted by Gasteiger charge is 2.51. The number of primary amides is 1. The molecule has 50 heavy (non-hydrogen) atoms. The molecule has 0 aliphatic carbocycles. The maximum absolute atomic E-state index is 15.1. The molecule has 4 N–H and O–H groups in total. The first-order valence-corrected chi connectivity index (χ1v) is 16.4. The van der Waals surface area contributed by atoms with Gasteiger partial charge in [-0.2, -0.15) is 0 Å². The number of hydrogen-bond acceptors (Lipinski definition) is 5. The lowest BCUT2D eigenvalue weighted by atomic mass is 9.76. The molecule has 2 atom stereocenters. The molecule has 0 aliphatic rings. The molecule has 0 saturated heterocycles. The third kappa shape index (κ3) is 8.13. The summed E-state index contributed by atoms with van der Waals surface area (Å²) in [4.78, 5) is 43.9. The van der Waals surface area contributed by atoms with Crippen molar-refractivity contribution in [3.05, 3.63) is 156 Å². The molecule has 0 fully saturated rings. The molecule has 0 radical (unpaired) electrons. The third-order valence-corrected chi connectivity index (χ3v) is 8.58. The number of anilines is 2. The Morgan fingerprint density at radius 3 is 1.84 bits per heavy atom. The van der Waals surface area contributed by atoms with E-state index < -0.39 is 35.3 Å². The van der Waals surface area contributed by atoms with E-state index in [0.717, 1.165) is 11.1 Å². The molecule has 5 aromatic carbocycles. The molecule has 5 aromatic rings. The first-order valence-electron chi connectivity index (χ1n) is 16.4. The molecule has 9 nitrogen and oxygen atoms in total. The maximum Gasteiger partial charge on any atom is 0.319 e. The van der Waals surface area contributed by atoms with Crippen LogP contribution in [0.5, 0.6) is 11.5 Å². The predicted octanol–water partition coefficient (Wildman–Crippen LogP) is 7.08. The number of nitrogens with zero attached hydrogens (tertiary/aromatic N) is 1. The number of carbonyl (C=O) groups excluding carboxylic acids is 3. The SMILES string of the molecule is COc1ccc(C(C(N)=O)(C(C)C)N(C(=O)C(Cc2ccc(OCc3ccccc3)cc2)NC(=O)Nc2ccccc2)c2ccccc2)cc1. The zero-order valence-electron chi connectivity index (χ0n) is 28.4. The third-order valence-electron chi connectivity index (χ3n) is 8.58. The van der Waals surface area contributed by atoms with Crippen molar-refractivity contribution in [3.8, 4) is 11.5 Å². The zero-order valence-corrected chi connectivity index (χ0v) is 28.4. The number of para-hydroxylation sites is 2. The smallest absolute Gasteiger partial charge is 0.319 e. The molecular weight excluding hydrogens is 628 g/mol. The molecular formula is C41H42N4O5. The molecule has 0 aromatic heterocycles. The molecule has 0 aliphatic heterocycles. The second-order valence-electron chi connectivity index (χ2n) is 12.2. The summed E-state index contributed by atoms with van der Waals surface area (Å²) in [5.41, 5.74) is 7.99. The Hall–Kier alpha value is -6.09. The van der Waals surface area contributed by atoms with E-state index in [2.05, 4.69) is 10.6 Å². The van der Waals surface area contributed by atoms with Gasteiger partial charge >= 0.3 is 6.03 Å². The van der Waals surface area contributed by atoms with Crippen LogP contribution in [0.4, 0.5) is 16.2 Å². The average molecular weight is 671 g/mol. The van der Waals surface area contributed by atoms with Gasteiger partial charge in [-0.1, -0.05) is 105 Å². The standard InChI is InChI=1S/C41H42N4O5/c1-29(2)41(39(42)47,32-21-25-35(49-3)26-22-32)45(34-17-11-6-12-18-34)38(46)37(44-40(48)43-33-15-9-5-10-16-33)27-30-19-23-36(24-20-30)50-28-31-13-7-4-8-14-31/h4-26,29,37H,27-28H2,1-3H3,(H2,42,47)(H2,43,44,48). The second kappa shape index (κ2) is 16.3. The highest BCUT2D eigenvalue weighted by Crippen LogP contribution is 2.41. The highest BCUT2D eigenvalue weighted by atomic mass is 16.5. The van der Waals surface area contributed by atoms with E-state index in [9.17, 15) is 9.59 Å². The van der Waals surface area contributed by atoms with Crippen molar-refractivity contribution in [1.29, 1.82) is 0 Å². The van der Waals surface area contributed by atoms with Crippen molar-refractivity contribution in [2.75, 3.05) is 17.3 Å². The van der Waals surface area contributed by atoms with Crippen molar-refractivity contribution in [2.45, 2.75) is 38.5 Å². The number of amides is 4. The van der Waals surface area contributed by atoms with Crippen LogP contribution in [0.3, 0.4) is 0 Å². The van der Waals surface area contributed by atoms with E-state index >= 15 is 4.79 Å². The minimum Gasteiger partial charge on any atom is -0.497 e. The van der Waals surface area contributed by atoms with Crippen LogP contribution in [-0.4, -0.2) is 31.0 Å². The second-order valence-corrected chi connectivity index (χ2v) is 12.2. The van der Waals surface area contributed by atoms with E-state index in [1.807, 2.05) is 80.6 Å². The number of carbonyl (C=O) groups is 3. The fraction of sp³-hybridized carbons (Fsp3) is 0.195. The van der Waals surface area contributed by atoms with E-state index in [-0.39, 0.29) is 6.42 Å². The zero-order chi connectivity index (χ0) is 35.5. The Bertz CT molecular complexity index is 1850. The molecule has 9 heteroatoms. The van der Waals surface area contributed by atoms with Crippen LogP contribution in [0, 0.1) is 5.92 Å². The minimum atomic E-state index is -1.64. The molecule has 0 bridgehead atoms. The topological polar surface area (TPSA) is 123 Å². The maximum atomic E-state index is 15.1. The van der Waals surface area contributed by atoms with E-state index in [1.165, 1.54) is 4.90 Å². The van der Waals surface area contributed by atoms with Crippen molar-refractivity contribution < 1.29 is 23.9 Å². The van der Waals surface area contributed by atoms with Crippen molar-refractivity contribution >= 4 is 29.2 Å². The van der Waals surface area contributed by atoms with Crippen LogP contribution >= 0.6 is 0 Å². The summed E-state index contributed by atoms with van der Waals surface area (Å²) in [5, 5.41) is 5.72. The quantitative estimate of drug-likeness (QED) is 0.117. The van der Waals surface area contributed by atoms with Gasteiger partial charge < -0.3 is 25.8 Å². The van der Waals surface area contributed by atoms with E-state index in [4.69, 9.17) is 15.2 Å². The summed E-state index contributed by atoms with van der Waals surface area (Å²) in [6, 6.07) is 40.3. The van der Waals surface area contributed by atoms with Crippen LogP contribution in [0.15, 0.2) is 140 Å². The van der Waals surface area contributed by atoms with Crippen molar-refractivity contribution in [2.24, 2.45) is 11.7 Å². The van der Waals surface area contributed by atoms with Crippen molar-refractivity contribution in [1.82, 2.24) is 5.32 Å². The fourth-order valence-corrected chi connectivity index (χ4v) is 6.09. The molecule has 0 spiro atoms. The normalized spacial score (nSPS) is 12.6. The number of nitrogens with two attached hydrogens (primary N) is 1. The van der Waals surface area contributed by atoms with E-state index in [1.54, 1.807) is 79.9 Å². The largest absolute Gasteiger partial charge is 0.497 e. The van der Waals surface area contributed by atoms with Gasteiger partial charge in [0.2, 0.25) is 5.91 Å². The molecule has 0 heterocycles. The van der Waals surface area contributed by atoms with Crippen LogP contribution in [0.1, 0.15) is 30.5 Å². The number of urea groups is 1. The molecule has 5 rings (SSSR count). The summed E-state index contributed by atoms with van der Waals surface area (Å²) in [5.74, 6) is -0.484. The number of hydrogen-bond donors (Lipinski definition) is 3. The number of methoxy groups -OCH3 is 1. The summed E-state index contributed by atoms with van der Waals surface area (Å²) >= 11 is 0. The number of rotatable bonds is 14. The Labute approximate surface area is 293 Å². The molecule has 0 saturated carbocycles. The lowest BCUT2D eigenvalue weighted by molar-refractivity contribution is -0.131. The van der Waals surface area contributed by atoms with Gasteiger partial charge in [-0.3, -0.25) is 14.5 Å². The Morgan fingerprint density at radius 2 is 1.28 bits per heavy atom.